The lowest BCUT2D eigenvalue weighted by atomic mass is 10.0. The Labute approximate surface area is 116 Å². The Morgan fingerprint density at radius 2 is 2.05 bits per heavy atom. The van der Waals surface area contributed by atoms with Gasteiger partial charge >= 0.3 is 5.97 Å². The summed E-state index contributed by atoms with van der Waals surface area (Å²) in [5.41, 5.74) is 0. The van der Waals surface area contributed by atoms with Gasteiger partial charge in [-0.3, -0.25) is 4.79 Å². The van der Waals surface area contributed by atoms with E-state index < -0.39 is 22.0 Å². The molecule has 0 aromatic heterocycles. The second-order valence-corrected chi connectivity index (χ2v) is 6.86. The van der Waals surface area contributed by atoms with Crippen molar-refractivity contribution in [3.8, 4) is 0 Å². The summed E-state index contributed by atoms with van der Waals surface area (Å²) in [5.74, 6) is -1.34. The predicted molar refractivity (Wildman–Crippen MR) is 70.5 cm³/mol. The summed E-state index contributed by atoms with van der Waals surface area (Å²) in [4.78, 5) is 11.2. The SMILES string of the molecule is CC1CCN(S(=O)(=O)c2ccccc2Cl)C1C(=O)O. The first-order chi connectivity index (χ1) is 8.85. The summed E-state index contributed by atoms with van der Waals surface area (Å²) in [6, 6.07) is 5.03. The second kappa shape index (κ2) is 5.11. The first kappa shape index (κ1) is 14.3. The molecule has 0 amide bonds. The Hall–Kier alpha value is -1.11. The molecule has 0 bridgehead atoms. The Bertz CT molecular complexity index is 602. The maximum Gasteiger partial charge on any atom is 0.322 e. The lowest BCUT2D eigenvalue weighted by Crippen LogP contribution is -2.42. The Morgan fingerprint density at radius 1 is 1.42 bits per heavy atom. The third kappa shape index (κ3) is 2.48. The highest BCUT2D eigenvalue weighted by Gasteiger charge is 2.44. The number of nitrogens with zero attached hydrogens (tertiary/aromatic N) is 1. The predicted octanol–water partition coefficient (Wildman–Crippen LogP) is 1.82. The molecule has 0 aliphatic carbocycles. The van der Waals surface area contributed by atoms with Gasteiger partial charge in [0.1, 0.15) is 10.9 Å². The maximum atomic E-state index is 12.5. The zero-order chi connectivity index (χ0) is 14.2. The van der Waals surface area contributed by atoms with E-state index in [0.717, 1.165) is 4.31 Å². The molecule has 1 saturated heterocycles. The molecule has 2 unspecified atom stereocenters. The molecule has 0 radical (unpaired) electrons. The van der Waals surface area contributed by atoms with Crippen molar-refractivity contribution < 1.29 is 18.3 Å². The number of rotatable bonds is 3. The number of benzene rings is 1. The Kier molecular flexibility index (Phi) is 3.85. The van der Waals surface area contributed by atoms with Crippen molar-refractivity contribution in [1.29, 1.82) is 0 Å². The molecule has 19 heavy (non-hydrogen) atoms. The van der Waals surface area contributed by atoms with Gasteiger partial charge in [-0.15, -0.1) is 0 Å². The van der Waals surface area contributed by atoms with Gasteiger partial charge in [0, 0.05) is 6.54 Å². The van der Waals surface area contributed by atoms with E-state index in [2.05, 4.69) is 0 Å². The van der Waals surface area contributed by atoms with Crippen LogP contribution in [-0.4, -0.2) is 36.4 Å². The maximum absolute atomic E-state index is 12.5. The number of carboxylic acid groups (broad SMARTS) is 1. The monoisotopic (exact) mass is 303 g/mol. The minimum absolute atomic E-state index is 0.0444. The van der Waals surface area contributed by atoms with E-state index in [1.54, 1.807) is 19.1 Å². The number of hydrogen-bond acceptors (Lipinski definition) is 3. The molecule has 1 fully saturated rings. The molecule has 7 heteroatoms. The van der Waals surface area contributed by atoms with E-state index in [0.29, 0.717) is 6.42 Å². The van der Waals surface area contributed by atoms with Crippen LogP contribution in [-0.2, 0) is 14.8 Å². The van der Waals surface area contributed by atoms with Gasteiger partial charge < -0.3 is 5.11 Å². The summed E-state index contributed by atoms with van der Waals surface area (Å²) in [6.07, 6.45) is 0.528. The van der Waals surface area contributed by atoms with Crippen molar-refractivity contribution in [3.63, 3.8) is 0 Å². The number of sulfonamides is 1. The van der Waals surface area contributed by atoms with Crippen molar-refractivity contribution in [2.75, 3.05) is 6.54 Å². The summed E-state index contributed by atoms with van der Waals surface area (Å²) in [6.45, 7) is 1.94. The van der Waals surface area contributed by atoms with E-state index in [1.807, 2.05) is 0 Å². The third-order valence-electron chi connectivity index (χ3n) is 3.33. The van der Waals surface area contributed by atoms with Crippen LogP contribution < -0.4 is 0 Å². The fraction of sp³-hybridized carbons (Fsp3) is 0.417. The van der Waals surface area contributed by atoms with Crippen molar-refractivity contribution in [3.05, 3.63) is 29.3 Å². The number of carboxylic acids is 1. The number of aliphatic carboxylic acids is 1. The summed E-state index contributed by atoms with van der Waals surface area (Å²) < 4.78 is 26.0. The highest BCUT2D eigenvalue weighted by atomic mass is 35.5. The van der Waals surface area contributed by atoms with Gasteiger partial charge in [0.2, 0.25) is 10.0 Å². The average Bonchev–Trinajstić information content (AvgIpc) is 2.72. The lowest BCUT2D eigenvalue weighted by molar-refractivity contribution is -0.141. The quantitative estimate of drug-likeness (QED) is 0.924. The van der Waals surface area contributed by atoms with E-state index >= 15 is 0 Å². The zero-order valence-electron chi connectivity index (χ0n) is 10.3. The van der Waals surface area contributed by atoms with Crippen LogP contribution in [0.25, 0.3) is 0 Å². The smallest absolute Gasteiger partial charge is 0.322 e. The number of halogens is 1. The standard InChI is InChI=1S/C12H14ClNO4S/c1-8-6-7-14(11(8)12(15)16)19(17,18)10-5-3-2-4-9(10)13/h2-5,8,11H,6-7H2,1H3,(H,15,16). The van der Waals surface area contributed by atoms with Crippen LogP contribution in [0.4, 0.5) is 0 Å². The average molecular weight is 304 g/mol. The molecule has 1 aliphatic rings. The summed E-state index contributed by atoms with van der Waals surface area (Å²) >= 11 is 5.90. The molecular formula is C12H14ClNO4S. The van der Waals surface area contributed by atoms with Crippen molar-refractivity contribution in [2.45, 2.75) is 24.3 Å². The van der Waals surface area contributed by atoms with Gasteiger partial charge in [0.25, 0.3) is 0 Å². The van der Waals surface area contributed by atoms with Crippen molar-refractivity contribution in [1.82, 2.24) is 4.31 Å². The van der Waals surface area contributed by atoms with Crippen molar-refractivity contribution >= 4 is 27.6 Å². The molecule has 1 N–H and O–H groups in total. The molecular weight excluding hydrogens is 290 g/mol. The van der Waals surface area contributed by atoms with Crippen LogP contribution >= 0.6 is 11.6 Å². The van der Waals surface area contributed by atoms with Crippen LogP contribution in [0.5, 0.6) is 0 Å². The van der Waals surface area contributed by atoms with Gasteiger partial charge in [0.05, 0.1) is 5.02 Å². The number of hydrogen-bond donors (Lipinski definition) is 1. The molecule has 1 aromatic rings. The first-order valence-corrected chi connectivity index (χ1v) is 7.66. The molecule has 0 spiro atoms. The normalized spacial score (nSPS) is 24.5. The lowest BCUT2D eigenvalue weighted by Gasteiger charge is -2.23. The van der Waals surface area contributed by atoms with E-state index in [1.165, 1.54) is 12.1 Å². The highest BCUT2D eigenvalue weighted by Crippen LogP contribution is 2.32. The van der Waals surface area contributed by atoms with Crippen LogP contribution in [0.15, 0.2) is 29.2 Å². The van der Waals surface area contributed by atoms with Gasteiger partial charge in [-0.1, -0.05) is 30.7 Å². The van der Waals surface area contributed by atoms with Gasteiger partial charge in [-0.05, 0) is 24.5 Å². The van der Waals surface area contributed by atoms with Crippen LogP contribution in [0, 0.1) is 5.92 Å². The minimum atomic E-state index is -3.88. The van der Waals surface area contributed by atoms with Gasteiger partial charge in [-0.25, -0.2) is 8.42 Å². The van der Waals surface area contributed by atoms with Crippen LogP contribution in [0.1, 0.15) is 13.3 Å². The van der Waals surface area contributed by atoms with Gasteiger partial charge in [-0.2, -0.15) is 4.31 Å². The highest BCUT2D eigenvalue weighted by molar-refractivity contribution is 7.89. The third-order valence-corrected chi connectivity index (χ3v) is 5.71. The number of carbonyl (C=O) groups is 1. The second-order valence-electron chi connectivity index (χ2n) is 4.60. The molecule has 104 valence electrons. The van der Waals surface area contributed by atoms with E-state index in [-0.39, 0.29) is 22.4 Å². The molecule has 1 aromatic carbocycles. The fourth-order valence-electron chi connectivity index (χ4n) is 2.33. The topological polar surface area (TPSA) is 74.7 Å². The Balaban J connectivity index is 2.46. The van der Waals surface area contributed by atoms with Crippen LogP contribution in [0.2, 0.25) is 5.02 Å². The van der Waals surface area contributed by atoms with Crippen molar-refractivity contribution in [2.24, 2.45) is 5.92 Å². The molecule has 2 atom stereocenters. The molecule has 1 heterocycles. The van der Waals surface area contributed by atoms with E-state index in [9.17, 15) is 18.3 Å². The first-order valence-electron chi connectivity index (χ1n) is 5.85. The van der Waals surface area contributed by atoms with Crippen LogP contribution in [0.3, 0.4) is 0 Å². The molecule has 0 saturated carbocycles. The largest absolute Gasteiger partial charge is 0.480 e. The zero-order valence-corrected chi connectivity index (χ0v) is 11.9. The molecule has 2 rings (SSSR count). The fourth-order valence-corrected chi connectivity index (χ4v) is 4.52. The minimum Gasteiger partial charge on any atom is -0.480 e. The van der Waals surface area contributed by atoms with E-state index in [4.69, 9.17) is 11.6 Å². The molecule has 5 nitrogen and oxygen atoms in total. The Morgan fingerprint density at radius 3 is 2.63 bits per heavy atom. The van der Waals surface area contributed by atoms with Gasteiger partial charge in [0.15, 0.2) is 0 Å². The molecule has 1 aliphatic heterocycles. The summed E-state index contributed by atoms with van der Waals surface area (Å²) in [7, 11) is -3.88. The summed E-state index contributed by atoms with van der Waals surface area (Å²) in [5, 5.41) is 9.30.